The predicted octanol–water partition coefficient (Wildman–Crippen LogP) is -0.641. The SMILES string of the molecule is O=C(O)C1CCC(B(O)O)C([N+](=O)[O-])C1. The predicted molar refractivity (Wildman–Crippen MR) is 49.7 cm³/mol. The molecule has 0 aromatic rings. The summed E-state index contributed by atoms with van der Waals surface area (Å²) in [5.74, 6) is -2.68. The second kappa shape index (κ2) is 4.58. The van der Waals surface area contributed by atoms with Gasteiger partial charge in [-0.15, -0.1) is 0 Å². The number of rotatable bonds is 3. The molecule has 0 heterocycles. The quantitative estimate of drug-likeness (QED) is 0.328. The zero-order valence-electron chi connectivity index (χ0n) is 7.94. The van der Waals surface area contributed by atoms with Crippen molar-refractivity contribution in [1.29, 1.82) is 0 Å². The van der Waals surface area contributed by atoms with Crippen molar-refractivity contribution in [3.63, 3.8) is 0 Å². The molecule has 0 radical (unpaired) electrons. The van der Waals surface area contributed by atoms with Gasteiger partial charge >= 0.3 is 13.1 Å². The largest absolute Gasteiger partial charge is 0.481 e. The van der Waals surface area contributed by atoms with E-state index in [1.807, 2.05) is 0 Å². The molecule has 1 rings (SSSR count). The van der Waals surface area contributed by atoms with Crippen LogP contribution in [0.3, 0.4) is 0 Å². The van der Waals surface area contributed by atoms with Crippen LogP contribution in [0.4, 0.5) is 0 Å². The van der Waals surface area contributed by atoms with Gasteiger partial charge in [-0.25, -0.2) is 0 Å². The van der Waals surface area contributed by atoms with E-state index in [1.165, 1.54) is 0 Å². The Morgan fingerprint density at radius 1 is 1.40 bits per heavy atom. The zero-order chi connectivity index (χ0) is 11.6. The third-order valence-corrected chi connectivity index (χ3v) is 2.87. The summed E-state index contributed by atoms with van der Waals surface area (Å²) in [7, 11) is -1.75. The highest BCUT2D eigenvalue weighted by Gasteiger charge is 2.46. The summed E-state index contributed by atoms with van der Waals surface area (Å²) < 4.78 is 0. The van der Waals surface area contributed by atoms with E-state index in [9.17, 15) is 14.9 Å². The van der Waals surface area contributed by atoms with E-state index in [-0.39, 0.29) is 19.3 Å². The van der Waals surface area contributed by atoms with E-state index >= 15 is 0 Å². The second-order valence-corrected chi connectivity index (χ2v) is 3.78. The van der Waals surface area contributed by atoms with Gasteiger partial charge in [-0.3, -0.25) is 14.9 Å². The van der Waals surface area contributed by atoms with Gasteiger partial charge in [-0.05, 0) is 12.8 Å². The highest BCUT2D eigenvalue weighted by Crippen LogP contribution is 2.35. The highest BCUT2D eigenvalue weighted by molar-refractivity contribution is 6.43. The molecular weight excluding hydrogens is 205 g/mol. The van der Waals surface area contributed by atoms with Crippen molar-refractivity contribution in [3.8, 4) is 0 Å². The van der Waals surface area contributed by atoms with Crippen molar-refractivity contribution in [2.24, 2.45) is 5.92 Å². The summed E-state index contributed by atoms with van der Waals surface area (Å²) in [5, 5.41) is 37.2. The van der Waals surface area contributed by atoms with Gasteiger partial charge in [0.1, 0.15) is 0 Å². The summed E-state index contributed by atoms with van der Waals surface area (Å²) in [6.45, 7) is 0. The van der Waals surface area contributed by atoms with Crippen molar-refractivity contribution in [1.82, 2.24) is 0 Å². The molecule has 0 aliphatic heterocycles. The van der Waals surface area contributed by atoms with E-state index in [4.69, 9.17) is 15.2 Å². The highest BCUT2D eigenvalue weighted by atomic mass is 16.6. The summed E-state index contributed by atoms with van der Waals surface area (Å²) in [5.41, 5.74) is 0. The lowest BCUT2D eigenvalue weighted by Gasteiger charge is -2.28. The van der Waals surface area contributed by atoms with Crippen molar-refractivity contribution in [3.05, 3.63) is 10.1 Å². The van der Waals surface area contributed by atoms with E-state index in [0.717, 1.165) is 0 Å². The molecule has 1 saturated carbocycles. The fourth-order valence-electron chi connectivity index (χ4n) is 1.98. The number of hydrogen-bond acceptors (Lipinski definition) is 5. The molecule has 0 bridgehead atoms. The van der Waals surface area contributed by atoms with Crippen LogP contribution in [0.1, 0.15) is 19.3 Å². The van der Waals surface area contributed by atoms with Crippen molar-refractivity contribution >= 4 is 13.1 Å². The Hall–Kier alpha value is -1.15. The molecule has 0 aromatic carbocycles. The van der Waals surface area contributed by atoms with Gasteiger partial charge in [0.05, 0.1) is 11.7 Å². The van der Waals surface area contributed by atoms with Crippen LogP contribution in [0.2, 0.25) is 5.82 Å². The Kier molecular flexibility index (Phi) is 3.64. The van der Waals surface area contributed by atoms with Crippen LogP contribution in [-0.4, -0.2) is 39.2 Å². The smallest absolute Gasteiger partial charge is 0.461 e. The lowest BCUT2D eigenvalue weighted by atomic mass is 9.61. The Morgan fingerprint density at radius 3 is 2.40 bits per heavy atom. The Bertz CT molecular complexity index is 270. The molecule has 84 valence electrons. The molecule has 8 heteroatoms. The summed E-state index contributed by atoms with van der Waals surface area (Å²) in [4.78, 5) is 20.7. The van der Waals surface area contributed by atoms with Crippen LogP contribution in [0.25, 0.3) is 0 Å². The number of aliphatic carboxylic acids is 1. The molecule has 1 fully saturated rings. The number of carboxylic acid groups (broad SMARTS) is 1. The van der Waals surface area contributed by atoms with Gasteiger partial charge in [0, 0.05) is 11.3 Å². The second-order valence-electron chi connectivity index (χ2n) is 3.78. The molecule has 0 saturated heterocycles. The molecule has 0 aromatic heterocycles. The minimum absolute atomic E-state index is 0.134. The van der Waals surface area contributed by atoms with Crippen LogP contribution in [0, 0.1) is 16.0 Å². The molecule has 1 aliphatic carbocycles. The first-order valence-electron chi connectivity index (χ1n) is 4.66. The molecule has 0 spiro atoms. The molecule has 3 N–H and O–H groups in total. The maximum absolute atomic E-state index is 10.7. The van der Waals surface area contributed by atoms with Crippen molar-refractivity contribution < 1.29 is 24.9 Å². The molecule has 15 heavy (non-hydrogen) atoms. The van der Waals surface area contributed by atoms with Gasteiger partial charge < -0.3 is 15.2 Å². The number of nitro groups is 1. The lowest BCUT2D eigenvalue weighted by Crippen LogP contribution is -2.41. The summed E-state index contributed by atoms with van der Waals surface area (Å²) in [6, 6.07) is -1.18. The maximum Gasteiger partial charge on any atom is 0.461 e. The number of carboxylic acids is 1. The van der Waals surface area contributed by atoms with Gasteiger partial charge in [0.25, 0.3) is 0 Å². The van der Waals surface area contributed by atoms with Crippen LogP contribution >= 0.6 is 0 Å². The fourth-order valence-corrected chi connectivity index (χ4v) is 1.98. The summed E-state index contributed by atoms with van der Waals surface area (Å²) in [6.07, 6.45) is 0.271. The van der Waals surface area contributed by atoms with Gasteiger partial charge in [-0.2, -0.15) is 0 Å². The first-order valence-corrected chi connectivity index (χ1v) is 4.66. The molecular formula is C7H12BNO6. The maximum atomic E-state index is 10.7. The first kappa shape index (κ1) is 11.9. The van der Waals surface area contributed by atoms with E-state index < -0.39 is 35.8 Å². The topological polar surface area (TPSA) is 121 Å². The minimum atomic E-state index is -1.75. The Balaban J connectivity index is 2.73. The minimum Gasteiger partial charge on any atom is -0.481 e. The molecule has 1 aliphatic rings. The Morgan fingerprint density at radius 2 is 2.00 bits per heavy atom. The van der Waals surface area contributed by atoms with E-state index in [1.54, 1.807) is 0 Å². The molecule has 3 atom stereocenters. The summed E-state index contributed by atoms with van der Waals surface area (Å²) >= 11 is 0. The number of carbonyl (C=O) groups is 1. The van der Waals surface area contributed by atoms with E-state index in [2.05, 4.69) is 0 Å². The Labute approximate surface area is 86.0 Å². The molecule has 7 nitrogen and oxygen atoms in total. The van der Waals surface area contributed by atoms with Crippen LogP contribution in [0.5, 0.6) is 0 Å². The van der Waals surface area contributed by atoms with Gasteiger partial charge in [0.15, 0.2) is 0 Å². The first-order chi connectivity index (χ1) is 6.93. The number of nitrogens with zero attached hydrogens (tertiary/aromatic N) is 1. The van der Waals surface area contributed by atoms with Gasteiger partial charge in [-0.1, -0.05) is 0 Å². The van der Waals surface area contributed by atoms with Crippen molar-refractivity contribution in [2.75, 3.05) is 0 Å². The zero-order valence-corrected chi connectivity index (χ0v) is 7.94. The fraction of sp³-hybridized carbons (Fsp3) is 0.857. The van der Waals surface area contributed by atoms with Crippen LogP contribution in [0.15, 0.2) is 0 Å². The monoisotopic (exact) mass is 217 g/mol. The van der Waals surface area contributed by atoms with Crippen LogP contribution in [-0.2, 0) is 4.79 Å². The van der Waals surface area contributed by atoms with E-state index in [0.29, 0.717) is 0 Å². The third kappa shape index (κ3) is 2.66. The molecule has 3 unspecified atom stereocenters. The average molecular weight is 217 g/mol. The standard InChI is InChI=1S/C7H12BNO6/c10-7(11)4-1-2-5(8(12)13)6(3-4)9(14)15/h4-6,12-13H,1-3H2,(H,10,11). The number of hydrogen-bond donors (Lipinski definition) is 3. The molecule has 0 amide bonds. The lowest BCUT2D eigenvalue weighted by molar-refractivity contribution is -0.527. The third-order valence-electron chi connectivity index (χ3n) is 2.87. The van der Waals surface area contributed by atoms with Crippen LogP contribution < -0.4 is 0 Å². The average Bonchev–Trinajstić information content (AvgIpc) is 2.16. The van der Waals surface area contributed by atoms with Gasteiger partial charge in [0.2, 0.25) is 6.04 Å². The normalized spacial score (nSPS) is 30.9. The van der Waals surface area contributed by atoms with Crippen molar-refractivity contribution in [2.45, 2.75) is 31.1 Å².